The Labute approximate surface area is 177 Å². The van der Waals surface area contributed by atoms with Gasteiger partial charge in [-0.25, -0.2) is 0 Å². The molecule has 0 saturated heterocycles. The fourth-order valence-corrected chi connectivity index (χ4v) is 4.09. The van der Waals surface area contributed by atoms with Crippen LogP contribution in [0.1, 0.15) is 75.0 Å². The predicted molar refractivity (Wildman–Crippen MR) is 123 cm³/mol. The van der Waals surface area contributed by atoms with Crippen LogP contribution in [0.4, 0.5) is 0 Å². The van der Waals surface area contributed by atoms with Gasteiger partial charge in [-0.15, -0.1) is 0 Å². The quantitative estimate of drug-likeness (QED) is 0.453. The largest absolute Gasteiger partial charge is 0.494 e. The Bertz CT molecular complexity index is 809. The molecule has 2 aromatic rings. The summed E-state index contributed by atoms with van der Waals surface area (Å²) in [4.78, 5) is 0. The third-order valence-electron chi connectivity index (χ3n) is 5.88. The summed E-state index contributed by atoms with van der Waals surface area (Å²) in [7, 11) is 0. The van der Waals surface area contributed by atoms with Gasteiger partial charge in [0, 0.05) is 5.56 Å². The summed E-state index contributed by atoms with van der Waals surface area (Å²) in [5.74, 6) is 8.72. The van der Waals surface area contributed by atoms with E-state index in [2.05, 4.69) is 49.1 Å². The van der Waals surface area contributed by atoms with Crippen LogP contribution >= 0.6 is 0 Å². The van der Waals surface area contributed by atoms with Gasteiger partial charge in [-0.3, -0.25) is 0 Å². The summed E-state index contributed by atoms with van der Waals surface area (Å²) in [5, 5.41) is 0. The molecule has 29 heavy (non-hydrogen) atoms. The molecule has 0 heterocycles. The number of hydrogen-bond acceptors (Lipinski definition) is 1. The zero-order chi connectivity index (χ0) is 20.3. The van der Waals surface area contributed by atoms with E-state index in [0.29, 0.717) is 12.5 Å². The standard InChI is InChI=1S/C28H34O/c1-3-5-8-23-11-17-26(18-12-23)27-19-13-24(14-20-27)9-6-7-10-25-15-21-28(22-16-25)29-4-2/h6,9,11-12,15-18,21-22,24,27H,3-5,8,13-14,19-20H2,1-2H3. The molecule has 0 atom stereocenters. The minimum Gasteiger partial charge on any atom is -0.494 e. The second-order valence-electron chi connectivity index (χ2n) is 8.04. The first-order valence-corrected chi connectivity index (χ1v) is 11.3. The number of ether oxygens (including phenoxy) is 1. The summed E-state index contributed by atoms with van der Waals surface area (Å²) in [6.07, 6.45) is 13.2. The Hall–Kier alpha value is -2.46. The molecule has 3 rings (SSSR count). The van der Waals surface area contributed by atoms with Crippen molar-refractivity contribution < 1.29 is 4.74 Å². The molecule has 1 fully saturated rings. The first-order valence-electron chi connectivity index (χ1n) is 11.3. The lowest BCUT2D eigenvalue weighted by atomic mass is 9.78. The van der Waals surface area contributed by atoms with Crippen LogP contribution in [0, 0.1) is 17.8 Å². The molecule has 1 aliphatic rings. The minimum atomic E-state index is 0.671. The SMILES string of the molecule is CCCCc1ccc(C2CCC(C=CC#Cc3ccc(OCC)cc3)CC2)cc1. The molecule has 0 amide bonds. The molecule has 1 heteroatoms. The fraction of sp³-hybridized carbons (Fsp3) is 0.429. The number of aryl methyl sites for hydroxylation is 1. The lowest BCUT2D eigenvalue weighted by Gasteiger charge is -2.27. The van der Waals surface area contributed by atoms with E-state index in [1.807, 2.05) is 37.3 Å². The molecule has 0 aliphatic heterocycles. The van der Waals surface area contributed by atoms with E-state index < -0.39 is 0 Å². The van der Waals surface area contributed by atoms with Crippen LogP contribution in [0.15, 0.2) is 60.7 Å². The molecular formula is C28H34O. The maximum Gasteiger partial charge on any atom is 0.119 e. The van der Waals surface area contributed by atoms with Crippen LogP contribution in [0.5, 0.6) is 5.75 Å². The van der Waals surface area contributed by atoms with Crippen molar-refractivity contribution >= 4 is 0 Å². The maximum atomic E-state index is 5.47. The third kappa shape index (κ3) is 6.82. The highest BCUT2D eigenvalue weighted by Crippen LogP contribution is 2.36. The normalized spacial score (nSPS) is 19.0. The Morgan fingerprint density at radius 2 is 1.66 bits per heavy atom. The van der Waals surface area contributed by atoms with Gasteiger partial charge in [0.15, 0.2) is 0 Å². The minimum absolute atomic E-state index is 0.671. The van der Waals surface area contributed by atoms with Crippen molar-refractivity contribution in [2.24, 2.45) is 5.92 Å². The summed E-state index contributed by atoms with van der Waals surface area (Å²) in [6.45, 7) is 4.95. The van der Waals surface area contributed by atoms with E-state index in [9.17, 15) is 0 Å². The molecule has 0 N–H and O–H groups in total. The van der Waals surface area contributed by atoms with E-state index in [0.717, 1.165) is 17.2 Å². The van der Waals surface area contributed by atoms with Gasteiger partial charge in [0.1, 0.15) is 5.75 Å². The van der Waals surface area contributed by atoms with Crippen LogP contribution in [-0.2, 0) is 6.42 Å². The molecule has 0 aromatic heterocycles. The van der Waals surface area contributed by atoms with Crippen molar-refractivity contribution in [3.63, 3.8) is 0 Å². The number of unbranched alkanes of at least 4 members (excludes halogenated alkanes) is 1. The van der Waals surface area contributed by atoms with E-state index in [1.165, 1.54) is 56.1 Å². The van der Waals surface area contributed by atoms with E-state index in [-0.39, 0.29) is 0 Å². The van der Waals surface area contributed by atoms with Crippen molar-refractivity contribution in [2.75, 3.05) is 6.61 Å². The first kappa shape index (κ1) is 21.3. The first-order chi connectivity index (χ1) is 14.3. The van der Waals surface area contributed by atoms with Crippen molar-refractivity contribution in [2.45, 2.75) is 64.7 Å². The highest BCUT2D eigenvalue weighted by molar-refractivity contribution is 5.40. The van der Waals surface area contributed by atoms with Crippen LogP contribution < -0.4 is 4.74 Å². The van der Waals surface area contributed by atoms with E-state index in [1.54, 1.807) is 0 Å². The van der Waals surface area contributed by atoms with Gasteiger partial charge in [-0.05, 0) is 98.8 Å². The highest BCUT2D eigenvalue weighted by Gasteiger charge is 2.20. The molecular weight excluding hydrogens is 352 g/mol. The van der Waals surface area contributed by atoms with E-state index >= 15 is 0 Å². The molecule has 0 bridgehead atoms. The molecule has 1 nitrogen and oxygen atoms in total. The number of benzene rings is 2. The monoisotopic (exact) mass is 386 g/mol. The zero-order valence-corrected chi connectivity index (χ0v) is 18.0. The lowest BCUT2D eigenvalue weighted by Crippen LogP contribution is -2.11. The molecule has 152 valence electrons. The van der Waals surface area contributed by atoms with Crippen molar-refractivity contribution in [3.8, 4) is 17.6 Å². The molecule has 0 radical (unpaired) electrons. The smallest absolute Gasteiger partial charge is 0.119 e. The number of hydrogen-bond donors (Lipinski definition) is 0. The Kier molecular flexibility index (Phi) is 8.44. The molecule has 1 aliphatic carbocycles. The lowest BCUT2D eigenvalue weighted by molar-refractivity contribution is 0.340. The van der Waals surface area contributed by atoms with Gasteiger partial charge in [0.05, 0.1) is 6.61 Å². The van der Waals surface area contributed by atoms with Crippen LogP contribution in [-0.4, -0.2) is 6.61 Å². The van der Waals surface area contributed by atoms with Crippen molar-refractivity contribution in [3.05, 3.63) is 77.4 Å². The Morgan fingerprint density at radius 1 is 0.931 bits per heavy atom. The van der Waals surface area contributed by atoms with Gasteiger partial charge in [-0.1, -0.05) is 55.5 Å². The molecule has 1 saturated carbocycles. The van der Waals surface area contributed by atoms with Gasteiger partial charge in [0.25, 0.3) is 0 Å². The van der Waals surface area contributed by atoms with Crippen molar-refractivity contribution in [1.29, 1.82) is 0 Å². The topological polar surface area (TPSA) is 9.23 Å². The summed E-state index contributed by atoms with van der Waals surface area (Å²) < 4.78 is 5.47. The summed E-state index contributed by atoms with van der Waals surface area (Å²) in [5.41, 5.74) is 4.05. The average molecular weight is 387 g/mol. The van der Waals surface area contributed by atoms with Gasteiger partial charge in [-0.2, -0.15) is 0 Å². The van der Waals surface area contributed by atoms with Crippen molar-refractivity contribution in [1.82, 2.24) is 0 Å². The fourth-order valence-electron chi connectivity index (χ4n) is 4.09. The maximum absolute atomic E-state index is 5.47. The number of rotatable bonds is 7. The Morgan fingerprint density at radius 3 is 2.31 bits per heavy atom. The van der Waals surface area contributed by atoms with Gasteiger partial charge < -0.3 is 4.74 Å². The Balaban J connectivity index is 1.45. The second-order valence-corrected chi connectivity index (χ2v) is 8.04. The van der Waals surface area contributed by atoms with Crippen LogP contribution in [0.25, 0.3) is 0 Å². The van der Waals surface area contributed by atoms with E-state index in [4.69, 9.17) is 4.74 Å². The average Bonchev–Trinajstić information content (AvgIpc) is 2.77. The molecule has 2 aromatic carbocycles. The van der Waals surface area contributed by atoms with Crippen LogP contribution in [0.2, 0.25) is 0 Å². The number of allylic oxidation sites excluding steroid dienone is 2. The zero-order valence-electron chi connectivity index (χ0n) is 18.0. The van der Waals surface area contributed by atoms with Crippen LogP contribution in [0.3, 0.4) is 0 Å². The molecule has 0 unspecified atom stereocenters. The van der Waals surface area contributed by atoms with Gasteiger partial charge >= 0.3 is 0 Å². The second kappa shape index (κ2) is 11.5. The molecule has 0 spiro atoms. The predicted octanol–water partition coefficient (Wildman–Crippen LogP) is 7.31. The highest BCUT2D eigenvalue weighted by atomic mass is 16.5. The van der Waals surface area contributed by atoms with Gasteiger partial charge in [0.2, 0.25) is 0 Å². The summed E-state index contributed by atoms with van der Waals surface area (Å²) in [6, 6.07) is 17.4. The summed E-state index contributed by atoms with van der Waals surface area (Å²) >= 11 is 0. The third-order valence-corrected chi connectivity index (χ3v) is 5.88.